The van der Waals surface area contributed by atoms with Crippen LogP contribution in [0.1, 0.15) is 113 Å². The average Bonchev–Trinajstić information content (AvgIpc) is 3.25. The molecule has 0 aromatic rings. The van der Waals surface area contributed by atoms with Crippen LogP contribution in [0.2, 0.25) is 0 Å². The molecule has 0 spiro atoms. The molecule has 18 heteroatoms. The van der Waals surface area contributed by atoms with Gasteiger partial charge in [0.25, 0.3) is 0 Å². The van der Waals surface area contributed by atoms with E-state index in [1.165, 1.54) is 6.92 Å². The van der Waals surface area contributed by atoms with E-state index in [2.05, 4.69) is 47.6 Å². The summed E-state index contributed by atoms with van der Waals surface area (Å²) in [7, 11) is 0. The topological polar surface area (TPSA) is 295 Å². The maximum Gasteiger partial charge on any atom is 0.335 e. The molecule has 66 heavy (non-hydrogen) atoms. The van der Waals surface area contributed by atoms with Crippen LogP contribution in [0, 0.1) is 50.2 Å². The molecule has 18 nitrogen and oxygen atoms in total. The monoisotopic (exact) mass is 943 g/mol. The summed E-state index contributed by atoms with van der Waals surface area (Å²) in [5, 5.41) is 119. The van der Waals surface area contributed by atoms with Gasteiger partial charge in [0.15, 0.2) is 25.0 Å². The summed E-state index contributed by atoms with van der Waals surface area (Å²) in [6.45, 7) is 16.3. The Labute approximate surface area is 387 Å². The third kappa shape index (κ3) is 7.78. The van der Waals surface area contributed by atoms with E-state index in [1.807, 2.05) is 6.92 Å². The quantitative estimate of drug-likeness (QED) is 0.112. The number of rotatable bonds is 9. The van der Waals surface area contributed by atoms with Gasteiger partial charge in [-0.25, -0.2) is 4.79 Å². The molecule has 0 radical (unpaired) electrons. The third-order valence-corrected chi connectivity index (χ3v) is 19.6. The van der Waals surface area contributed by atoms with Gasteiger partial charge in [0.2, 0.25) is 0 Å². The Balaban J connectivity index is 1.07. The smallest absolute Gasteiger partial charge is 0.335 e. The van der Waals surface area contributed by atoms with Gasteiger partial charge in [-0.05, 0) is 110 Å². The van der Waals surface area contributed by atoms with Crippen molar-refractivity contribution in [1.82, 2.24) is 0 Å². The van der Waals surface area contributed by atoms with Crippen molar-refractivity contribution in [2.45, 2.75) is 218 Å². The molecule has 5 aliphatic carbocycles. The lowest BCUT2D eigenvalue weighted by Gasteiger charge is -2.71. The fraction of sp³-hybridized carbons (Fsp3) is 0.938. The molecular formula is C48H78O18. The van der Waals surface area contributed by atoms with E-state index in [4.69, 9.17) is 28.4 Å². The number of carboxylic acids is 1. The van der Waals surface area contributed by atoms with Crippen molar-refractivity contribution < 1.29 is 89.4 Å². The van der Waals surface area contributed by atoms with E-state index in [0.29, 0.717) is 18.8 Å². The summed E-state index contributed by atoms with van der Waals surface area (Å²) in [5.41, 5.74) is 0.0658. The van der Waals surface area contributed by atoms with Crippen LogP contribution in [0.3, 0.4) is 0 Å². The molecule has 8 aliphatic rings. The SMILES string of the molecule is C[C@@H]1O[C@@H](O[C@H]2[C@H](O[C@H]3[C@H](O[C@H]4CC[C@@]5(C)[C@@H](CC[C@]6(C)[C@@H]5CC=C5[C@H]7CC(C)(C)[C@H](O)C[C@]7(C)CC[C@]56C)[C@@]4(C)CO)O[C@H](C(=O)O)[C@@H](O)[C@@H]3O)O[C@H](CO)[C@H](O)[C@@H]2O)[C@H](O)[C@H](O)[C@H]1O. The molecule has 3 saturated heterocycles. The summed E-state index contributed by atoms with van der Waals surface area (Å²) in [5.74, 6) is -1.04. The number of carbonyl (C=O) groups is 1. The van der Waals surface area contributed by atoms with E-state index in [0.717, 1.165) is 44.9 Å². The Morgan fingerprint density at radius 1 is 0.682 bits per heavy atom. The summed E-state index contributed by atoms with van der Waals surface area (Å²) in [6, 6.07) is 0. The zero-order valence-corrected chi connectivity index (χ0v) is 39.7. The maximum absolute atomic E-state index is 12.5. The van der Waals surface area contributed by atoms with Crippen molar-refractivity contribution in [3.8, 4) is 0 Å². The van der Waals surface area contributed by atoms with Crippen LogP contribution in [-0.4, -0.2) is 180 Å². The zero-order valence-electron chi connectivity index (χ0n) is 39.7. The molecular weight excluding hydrogens is 865 g/mol. The molecule has 11 N–H and O–H groups in total. The predicted molar refractivity (Wildman–Crippen MR) is 231 cm³/mol. The highest BCUT2D eigenvalue weighted by Crippen LogP contribution is 2.76. The first-order valence-corrected chi connectivity index (χ1v) is 24.3. The minimum atomic E-state index is -2.07. The maximum atomic E-state index is 12.5. The number of hydrogen-bond donors (Lipinski definition) is 11. The fourth-order valence-corrected chi connectivity index (χ4v) is 15.0. The fourth-order valence-electron chi connectivity index (χ4n) is 15.0. The number of carboxylic acid groups (broad SMARTS) is 1. The zero-order chi connectivity index (χ0) is 48.4. The Morgan fingerprint density at radius 2 is 1.32 bits per heavy atom. The summed E-state index contributed by atoms with van der Waals surface area (Å²) >= 11 is 0. The second-order valence-electron chi connectivity index (χ2n) is 23.6. The van der Waals surface area contributed by atoms with Gasteiger partial charge in [0, 0.05) is 5.41 Å². The van der Waals surface area contributed by atoms with Gasteiger partial charge < -0.3 is 84.6 Å². The minimum absolute atomic E-state index is 0.0270. The van der Waals surface area contributed by atoms with E-state index in [-0.39, 0.29) is 51.6 Å². The van der Waals surface area contributed by atoms with Crippen LogP contribution < -0.4 is 0 Å². The highest BCUT2D eigenvalue weighted by Gasteiger charge is 2.69. The molecule has 0 aromatic heterocycles. The van der Waals surface area contributed by atoms with Gasteiger partial charge in [0.05, 0.1) is 31.5 Å². The van der Waals surface area contributed by atoms with Crippen LogP contribution >= 0.6 is 0 Å². The lowest BCUT2D eigenvalue weighted by Crippen LogP contribution is -2.68. The predicted octanol–water partition coefficient (Wildman–Crippen LogP) is 0.705. The molecule has 3 heterocycles. The molecule has 8 rings (SSSR count). The number of hydrogen-bond acceptors (Lipinski definition) is 17. The van der Waals surface area contributed by atoms with Crippen LogP contribution in [0.5, 0.6) is 0 Å². The lowest BCUT2D eigenvalue weighted by molar-refractivity contribution is -0.396. The number of fused-ring (bicyclic) bond motifs is 7. The van der Waals surface area contributed by atoms with Gasteiger partial charge in [-0.15, -0.1) is 0 Å². The second kappa shape index (κ2) is 17.7. The highest BCUT2D eigenvalue weighted by molar-refractivity contribution is 5.73. The number of aliphatic carboxylic acids is 1. The Kier molecular flexibility index (Phi) is 13.7. The highest BCUT2D eigenvalue weighted by atomic mass is 16.8. The molecule has 7 fully saturated rings. The Hall–Kier alpha value is -1.43. The Bertz CT molecular complexity index is 1820. The number of ether oxygens (including phenoxy) is 6. The summed E-state index contributed by atoms with van der Waals surface area (Å²) in [4.78, 5) is 12.5. The van der Waals surface area contributed by atoms with Gasteiger partial charge in [-0.1, -0.05) is 60.1 Å². The first kappa shape index (κ1) is 50.9. The summed E-state index contributed by atoms with van der Waals surface area (Å²) in [6.07, 6.45) is -17.4. The van der Waals surface area contributed by atoms with E-state index < -0.39 is 116 Å². The first-order valence-electron chi connectivity index (χ1n) is 24.3. The van der Waals surface area contributed by atoms with Crippen molar-refractivity contribution in [2.75, 3.05) is 13.2 Å². The van der Waals surface area contributed by atoms with Crippen LogP contribution in [0.15, 0.2) is 11.6 Å². The Morgan fingerprint density at radius 3 is 1.95 bits per heavy atom. The average molecular weight is 943 g/mol. The first-order chi connectivity index (χ1) is 30.7. The standard InChI is InChI=1S/C48H78O18/c1-21-29(52)31(54)35(58)40(61-21)65-37-32(55)30(53)24(19-49)62-41(37)66-38-34(57)33(56)36(39(59)60)64-42(38)63-28-12-13-45(5)25(46(28,6)20-50)11-14-48(8)26(45)10-9-22-23-17-43(2,3)27(51)18-44(23,4)15-16-47(22,48)7/h9,21,23-38,40-42,49-58H,10-20H2,1-8H3,(H,59,60)/t21-,23+,24+,25+,26+,27+,28-,29-,30-,31+,32-,33-,34-,35+,36-,37+,38+,40-,41-,42+,44-,45-,46+,47+,48+/m0/s1. The molecule has 0 aromatic carbocycles. The molecule has 0 unspecified atom stereocenters. The lowest BCUT2D eigenvalue weighted by atomic mass is 9.33. The normalized spacial score (nSPS) is 55.9. The second-order valence-corrected chi connectivity index (χ2v) is 23.6. The molecule has 4 saturated carbocycles. The van der Waals surface area contributed by atoms with E-state index in [1.54, 1.807) is 5.57 Å². The van der Waals surface area contributed by atoms with Crippen molar-refractivity contribution in [3.05, 3.63) is 11.6 Å². The van der Waals surface area contributed by atoms with Gasteiger partial charge in [-0.3, -0.25) is 0 Å². The molecule has 25 atom stereocenters. The van der Waals surface area contributed by atoms with E-state index >= 15 is 0 Å². The van der Waals surface area contributed by atoms with Crippen molar-refractivity contribution in [1.29, 1.82) is 0 Å². The number of aliphatic hydroxyl groups is 10. The van der Waals surface area contributed by atoms with Crippen molar-refractivity contribution in [3.63, 3.8) is 0 Å². The van der Waals surface area contributed by atoms with Gasteiger partial charge >= 0.3 is 5.97 Å². The third-order valence-electron chi connectivity index (χ3n) is 19.6. The van der Waals surface area contributed by atoms with Crippen LogP contribution in [0.25, 0.3) is 0 Å². The van der Waals surface area contributed by atoms with Crippen LogP contribution in [-0.2, 0) is 33.2 Å². The van der Waals surface area contributed by atoms with Crippen LogP contribution in [0.4, 0.5) is 0 Å². The molecule has 0 amide bonds. The number of aliphatic hydroxyl groups excluding tert-OH is 10. The largest absolute Gasteiger partial charge is 0.479 e. The molecule has 378 valence electrons. The summed E-state index contributed by atoms with van der Waals surface area (Å²) < 4.78 is 36.2. The minimum Gasteiger partial charge on any atom is -0.479 e. The van der Waals surface area contributed by atoms with Crippen molar-refractivity contribution >= 4 is 5.97 Å². The van der Waals surface area contributed by atoms with Crippen molar-refractivity contribution in [2.24, 2.45) is 50.2 Å². The number of allylic oxidation sites excluding steroid dienone is 2. The molecule has 3 aliphatic heterocycles. The van der Waals surface area contributed by atoms with E-state index in [9.17, 15) is 61.0 Å². The van der Waals surface area contributed by atoms with Gasteiger partial charge in [-0.2, -0.15) is 0 Å². The molecule has 0 bridgehead atoms. The van der Waals surface area contributed by atoms with Gasteiger partial charge in [0.1, 0.15) is 61.0 Å².